The SMILES string of the molecule is CCC(O)CCNC(=O)NCCc1ccc(C)c(OC)c1. The Morgan fingerprint density at radius 3 is 2.71 bits per heavy atom. The molecule has 0 aliphatic carbocycles. The van der Waals surface area contributed by atoms with Gasteiger partial charge in [-0.3, -0.25) is 0 Å². The first-order valence-corrected chi connectivity index (χ1v) is 7.40. The van der Waals surface area contributed by atoms with Crippen molar-refractivity contribution in [1.82, 2.24) is 10.6 Å². The molecule has 1 atom stereocenters. The molecule has 0 aromatic heterocycles. The lowest BCUT2D eigenvalue weighted by molar-refractivity contribution is 0.160. The van der Waals surface area contributed by atoms with Crippen LogP contribution in [0.15, 0.2) is 18.2 Å². The maximum absolute atomic E-state index is 11.6. The van der Waals surface area contributed by atoms with Crippen molar-refractivity contribution in [3.05, 3.63) is 29.3 Å². The molecule has 5 nitrogen and oxygen atoms in total. The van der Waals surface area contributed by atoms with Crippen molar-refractivity contribution in [2.24, 2.45) is 0 Å². The van der Waals surface area contributed by atoms with E-state index in [-0.39, 0.29) is 12.1 Å². The number of ether oxygens (including phenoxy) is 1. The summed E-state index contributed by atoms with van der Waals surface area (Å²) in [6, 6.07) is 5.85. The second-order valence-corrected chi connectivity index (χ2v) is 5.09. The molecule has 3 N–H and O–H groups in total. The highest BCUT2D eigenvalue weighted by Gasteiger charge is 2.04. The average molecular weight is 294 g/mol. The van der Waals surface area contributed by atoms with Gasteiger partial charge in [-0.15, -0.1) is 0 Å². The van der Waals surface area contributed by atoms with Gasteiger partial charge >= 0.3 is 6.03 Å². The number of carbonyl (C=O) groups is 1. The number of hydrogen-bond acceptors (Lipinski definition) is 3. The van der Waals surface area contributed by atoms with Crippen LogP contribution in [0.5, 0.6) is 5.75 Å². The van der Waals surface area contributed by atoms with Gasteiger partial charge in [-0.25, -0.2) is 4.79 Å². The molecule has 118 valence electrons. The summed E-state index contributed by atoms with van der Waals surface area (Å²) in [6.45, 7) is 4.97. The lowest BCUT2D eigenvalue weighted by atomic mass is 10.1. The normalized spacial score (nSPS) is 11.8. The van der Waals surface area contributed by atoms with Crippen LogP contribution in [0.3, 0.4) is 0 Å². The number of amides is 2. The number of urea groups is 1. The van der Waals surface area contributed by atoms with Crippen molar-refractivity contribution >= 4 is 6.03 Å². The van der Waals surface area contributed by atoms with Crippen LogP contribution < -0.4 is 15.4 Å². The molecule has 5 heteroatoms. The Bertz CT molecular complexity index is 449. The summed E-state index contributed by atoms with van der Waals surface area (Å²) in [5.41, 5.74) is 2.22. The Labute approximate surface area is 126 Å². The van der Waals surface area contributed by atoms with Crippen LogP contribution in [-0.4, -0.2) is 37.4 Å². The molecule has 0 saturated heterocycles. The fourth-order valence-electron chi connectivity index (χ4n) is 1.96. The third-order valence-electron chi connectivity index (χ3n) is 3.41. The number of nitrogens with one attached hydrogen (secondary N) is 2. The predicted octanol–water partition coefficient (Wildman–Crippen LogP) is 2.01. The zero-order chi connectivity index (χ0) is 15.7. The third kappa shape index (κ3) is 6.49. The predicted molar refractivity (Wildman–Crippen MR) is 83.8 cm³/mol. The molecule has 0 fully saturated rings. The number of carbonyl (C=O) groups excluding carboxylic acids is 1. The minimum Gasteiger partial charge on any atom is -0.496 e. The largest absolute Gasteiger partial charge is 0.496 e. The summed E-state index contributed by atoms with van der Waals surface area (Å²) in [5.74, 6) is 0.866. The van der Waals surface area contributed by atoms with Crippen molar-refractivity contribution in [2.45, 2.75) is 39.2 Å². The van der Waals surface area contributed by atoms with Crippen LogP contribution in [0.2, 0.25) is 0 Å². The summed E-state index contributed by atoms with van der Waals surface area (Å²) in [4.78, 5) is 11.6. The lowest BCUT2D eigenvalue weighted by Gasteiger charge is -2.11. The summed E-state index contributed by atoms with van der Waals surface area (Å²) in [7, 11) is 1.66. The van der Waals surface area contributed by atoms with E-state index < -0.39 is 0 Å². The van der Waals surface area contributed by atoms with Gasteiger partial charge < -0.3 is 20.5 Å². The highest BCUT2D eigenvalue weighted by molar-refractivity contribution is 5.73. The minimum absolute atomic E-state index is 0.197. The topological polar surface area (TPSA) is 70.6 Å². The minimum atomic E-state index is -0.342. The van der Waals surface area contributed by atoms with Gasteiger partial charge in [0.15, 0.2) is 0 Å². The molecule has 1 aromatic rings. The number of aliphatic hydroxyl groups is 1. The maximum Gasteiger partial charge on any atom is 0.314 e. The van der Waals surface area contributed by atoms with E-state index in [1.807, 2.05) is 32.0 Å². The van der Waals surface area contributed by atoms with Crippen molar-refractivity contribution in [3.63, 3.8) is 0 Å². The quantitative estimate of drug-likeness (QED) is 0.687. The Kier molecular flexibility index (Phi) is 7.61. The second kappa shape index (κ2) is 9.23. The molecule has 1 unspecified atom stereocenters. The smallest absolute Gasteiger partial charge is 0.314 e. The summed E-state index contributed by atoms with van der Waals surface area (Å²) >= 11 is 0. The Morgan fingerprint density at radius 2 is 2.05 bits per heavy atom. The zero-order valence-electron chi connectivity index (χ0n) is 13.1. The van der Waals surface area contributed by atoms with Crippen molar-refractivity contribution < 1.29 is 14.6 Å². The monoisotopic (exact) mass is 294 g/mol. The van der Waals surface area contributed by atoms with Gasteiger partial charge in [0.1, 0.15) is 5.75 Å². The van der Waals surface area contributed by atoms with Gasteiger partial charge in [0.2, 0.25) is 0 Å². The highest BCUT2D eigenvalue weighted by Crippen LogP contribution is 2.18. The molecule has 0 heterocycles. The van der Waals surface area contributed by atoms with Crippen molar-refractivity contribution in [1.29, 1.82) is 0 Å². The summed E-state index contributed by atoms with van der Waals surface area (Å²) in [6.07, 6.45) is 1.70. The second-order valence-electron chi connectivity index (χ2n) is 5.09. The van der Waals surface area contributed by atoms with E-state index in [4.69, 9.17) is 4.74 Å². The molecule has 0 aliphatic rings. The number of rotatable bonds is 8. The molecule has 0 saturated carbocycles. The van der Waals surface area contributed by atoms with E-state index in [2.05, 4.69) is 10.6 Å². The van der Waals surface area contributed by atoms with Crippen LogP contribution in [0.1, 0.15) is 30.9 Å². The van der Waals surface area contributed by atoms with E-state index in [1.54, 1.807) is 7.11 Å². The molecular weight excluding hydrogens is 268 g/mol. The molecule has 0 radical (unpaired) electrons. The van der Waals surface area contributed by atoms with Crippen molar-refractivity contribution in [2.75, 3.05) is 20.2 Å². The first kappa shape index (κ1) is 17.3. The lowest BCUT2D eigenvalue weighted by Crippen LogP contribution is -2.37. The molecule has 2 amide bonds. The molecule has 1 aromatic carbocycles. The average Bonchev–Trinajstić information content (AvgIpc) is 2.48. The maximum atomic E-state index is 11.6. The van der Waals surface area contributed by atoms with Gasteiger partial charge in [-0.2, -0.15) is 0 Å². The number of hydrogen-bond donors (Lipinski definition) is 3. The summed E-state index contributed by atoms with van der Waals surface area (Å²) in [5, 5.41) is 14.9. The van der Waals surface area contributed by atoms with Crippen LogP contribution in [-0.2, 0) is 6.42 Å². The first-order chi connectivity index (χ1) is 10.1. The van der Waals surface area contributed by atoms with Gasteiger partial charge in [0.25, 0.3) is 0 Å². The molecule has 0 spiro atoms. The molecule has 0 bridgehead atoms. The van der Waals surface area contributed by atoms with E-state index in [0.717, 1.165) is 23.3 Å². The van der Waals surface area contributed by atoms with Gasteiger partial charge in [0.05, 0.1) is 13.2 Å². The van der Waals surface area contributed by atoms with Gasteiger partial charge in [-0.05, 0) is 43.4 Å². The fraction of sp³-hybridized carbons (Fsp3) is 0.562. The summed E-state index contributed by atoms with van der Waals surface area (Å²) < 4.78 is 5.28. The molecule has 21 heavy (non-hydrogen) atoms. The molecule has 1 rings (SSSR count). The first-order valence-electron chi connectivity index (χ1n) is 7.40. The number of methoxy groups -OCH3 is 1. The standard InChI is InChI=1S/C16H26N2O3/c1-4-14(19)8-10-18-16(20)17-9-7-13-6-5-12(2)15(11-13)21-3/h5-6,11,14,19H,4,7-10H2,1-3H3,(H2,17,18,20). The number of benzene rings is 1. The molecular formula is C16H26N2O3. The van der Waals surface area contributed by atoms with E-state index >= 15 is 0 Å². The Balaban J connectivity index is 2.25. The van der Waals surface area contributed by atoms with E-state index in [9.17, 15) is 9.90 Å². The van der Waals surface area contributed by atoms with Crippen molar-refractivity contribution in [3.8, 4) is 5.75 Å². The van der Waals surface area contributed by atoms with Crippen LogP contribution in [0, 0.1) is 6.92 Å². The highest BCUT2D eigenvalue weighted by atomic mass is 16.5. The van der Waals surface area contributed by atoms with Crippen LogP contribution in [0.4, 0.5) is 4.79 Å². The Morgan fingerprint density at radius 1 is 1.33 bits per heavy atom. The van der Waals surface area contributed by atoms with E-state index in [0.29, 0.717) is 25.9 Å². The molecule has 0 aliphatic heterocycles. The van der Waals surface area contributed by atoms with Crippen LogP contribution >= 0.6 is 0 Å². The zero-order valence-corrected chi connectivity index (χ0v) is 13.1. The third-order valence-corrected chi connectivity index (χ3v) is 3.41. The van der Waals surface area contributed by atoms with Gasteiger partial charge in [0, 0.05) is 13.1 Å². The number of aliphatic hydroxyl groups excluding tert-OH is 1. The van der Waals surface area contributed by atoms with Crippen LogP contribution in [0.25, 0.3) is 0 Å². The fourth-order valence-corrected chi connectivity index (χ4v) is 1.96. The van der Waals surface area contributed by atoms with E-state index in [1.165, 1.54) is 0 Å². The van der Waals surface area contributed by atoms with Gasteiger partial charge in [-0.1, -0.05) is 19.1 Å². The Hall–Kier alpha value is -1.75. The number of aryl methyl sites for hydroxylation is 1.